The molecular weight excluding hydrogens is 322 g/mol. The number of aliphatic hydroxyl groups is 1. The molecule has 1 N–H and O–H groups in total. The van der Waals surface area contributed by atoms with Crippen molar-refractivity contribution in [3.8, 4) is 0 Å². The zero-order valence-corrected chi connectivity index (χ0v) is 11.3. The molecule has 0 aromatic heterocycles. The second-order valence-electron chi connectivity index (χ2n) is 2.92. The highest BCUT2D eigenvalue weighted by Gasteiger charge is 2.56. The molecule has 0 saturated carbocycles. The second kappa shape index (κ2) is 7.11. The Bertz CT molecular complexity index is 304. The molecule has 20 heavy (non-hydrogen) atoms. The summed E-state index contributed by atoms with van der Waals surface area (Å²) in [5, 5.41) is 8.14. The Labute approximate surface area is 114 Å². The van der Waals surface area contributed by atoms with Crippen molar-refractivity contribution < 1.29 is 45.8 Å². The molecule has 6 nitrogen and oxygen atoms in total. The van der Waals surface area contributed by atoms with Gasteiger partial charge in [0.2, 0.25) is 0 Å². The van der Waals surface area contributed by atoms with Crippen molar-refractivity contribution in [2.24, 2.45) is 0 Å². The third-order valence-corrected chi connectivity index (χ3v) is 2.31. The molecule has 0 spiro atoms. The van der Waals surface area contributed by atoms with E-state index in [9.17, 15) is 31.4 Å². The molecule has 0 rings (SSSR count). The van der Waals surface area contributed by atoms with Crippen LogP contribution in [0.1, 0.15) is 6.92 Å². The van der Waals surface area contributed by atoms with Crippen molar-refractivity contribution in [3.63, 3.8) is 0 Å². The van der Waals surface area contributed by atoms with E-state index in [2.05, 4.69) is 14.3 Å². The first-order valence-corrected chi connectivity index (χ1v) is 5.98. The molecule has 0 saturated heterocycles. The van der Waals surface area contributed by atoms with Gasteiger partial charge in [-0.3, -0.25) is 0 Å². The van der Waals surface area contributed by atoms with Crippen LogP contribution in [0.15, 0.2) is 0 Å². The molecule has 0 aliphatic heterocycles. The third-order valence-electron chi connectivity index (χ3n) is 1.58. The summed E-state index contributed by atoms with van der Waals surface area (Å²) in [7, 11) is 0.737. The van der Waals surface area contributed by atoms with Gasteiger partial charge in [0.05, 0.1) is 6.61 Å². The van der Waals surface area contributed by atoms with Gasteiger partial charge in [0.25, 0.3) is 0 Å². The number of hydrogen-bond donors (Lipinski definition) is 1. The van der Waals surface area contributed by atoms with Gasteiger partial charge in [0, 0.05) is 12.3 Å². The molecule has 1 unspecified atom stereocenters. The number of hydrogen-bond acceptors (Lipinski definition) is 7. The van der Waals surface area contributed by atoms with E-state index in [0.29, 0.717) is 0 Å². The van der Waals surface area contributed by atoms with Crippen LogP contribution >= 0.6 is 11.9 Å². The van der Waals surface area contributed by atoms with Crippen molar-refractivity contribution in [2.45, 2.75) is 25.7 Å². The summed E-state index contributed by atoms with van der Waals surface area (Å²) in [6, 6.07) is 0. The van der Waals surface area contributed by atoms with Gasteiger partial charge in [-0.25, -0.2) is 0 Å². The van der Waals surface area contributed by atoms with E-state index in [1.54, 1.807) is 0 Å². The van der Waals surface area contributed by atoms with Crippen LogP contribution in [-0.2, 0) is 14.3 Å². The number of methoxy groups -OCH3 is 1. The molecule has 0 fully saturated rings. The van der Waals surface area contributed by atoms with Crippen LogP contribution in [0.25, 0.3) is 0 Å². The average Bonchev–Trinajstić information content (AvgIpc) is 2.26. The Morgan fingerprint density at radius 1 is 1.15 bits per heavy atom. The number of nitrogens with zero attached hydrogens (tertiary/aromatic N) is 2. The maximum Gasteiger partial charge on any atom is 0.540 e. The summed E-state index contributed by atoms with van der Waals surface area (Å²) in [5.74, 6) is 0. The molecule has 122 valence electrons. The number of ether oxygens (including phenoxy) is 2. The van der Waals surface area contributed by atoms with E-state index in [1.807, 2.05) is 0 Å². The fourth-order valence-electron chi connectivity index (χ4n) is 0.974. The molecular formula is C7H12F6N2O4S. The quantitative estimate of drug-likeness (QED) is 0.251. The van der Waals surface area contributed by atoms with Crippen LogP contribution in [-0.4, -0.2) is 53.4 Å². The maximum absolute atomic E-state index is 12.6. The van der Waals surface area contributed by atoms with E-state index in [1.165, 1.54) is 6.92 Å². The predicted octanol–water partition coefficient (Wildman–Crippen LogP) is 2.04. The van der Waals surface area contributed by atoms with E-state index in [0.717, 1.165) is 13.4 Å². The van der Waals surface area contributed by atoms with Gasteiger partial charge in [-0.15, -0.1) is 13.2 Å². The van der Waals surface area contributed by atoms with Gasteiger partial charge in [0.15, 0.2) is 0 Å². The van der Waals surface area contributed by atoms with Gasteiger partial charge in [0.1, 0.15) is 0 Å². The molecule has 1 atom stereocenters. The monoisotopic (exact) mass is 334 g/mol. The van der Waals surface area contributed by atoms with Crippen molar-refractivity contribution in [3.05, 3.63) is 0 Å². The number of alkyl halides is 6. The highest BCUT2D eigenvalue weighted by molar-refractivity contribution is 7.96. The lowest BCUT2D eigenvalue weighted by atomic mass is 10.8. The first kappa shape index (κ1) is 19.7. The minimum absolute atomic E-state index is 0.0313. The van der Waals surface area contributed by atoms with Gasteiger partial charge >= 0.3 is 18.8 Å². The number of hydrazine groups is 1. The number of rotatable bonds is 7. The Hall–Kier alpha value is -0.310. The lowest BCUT2D eigenvalue weighted by molar-refractivity contribution is -0.567. The van der Waals surface area contributed by atoms with Crippen LogP contribution in [0.4, 0.5) is 26.3 Å². The minimum atomic E-state index is -5.65. The largest absolute Gasteiger partial charge is 0.540 e. The van der Waals surface area contributed by atoms with E-state index < -0.39 is 28.3 Å². The Morgan fingerprint density at radius 2 is 1.65 bits per heavy atom. The minimum Gasteiger partial charge on any atom is -0.328 e. The number of halogens is 6. The first-order chi connectivity index (χ1) is 8.91. The molecule has 0 radical (unpaired) electrons. The van der Waals surface area contributed by atoms with E-state index in [-0.39, 0.29) is 18.6 Å². The van der Waals surface area contributed by atoms with Crippen molar-refractivity contribution in [2.75, 3.05) is 20.0 Å². The average molecular weight is 334 g/mol. The van der Waals surface area contributed by atoms with E-state index in [4.69, 9.17) is 0 Å². The molecule has 0 amide bonds. The summed E-state index contributed by atoms with van der Waals surface area (Å²) in [4.78, 5) is 2.84. The normalized spacial score (nSPS) is 16.8. The highest BCUT2D eigenvalue weighted by Crippen LogP contribution is 2.36. The topological polar surface area (TPSA) is 54.4 Å². The van der Waals surface area contributed by atoms with Crippen molar-refractivity contribution in [1.29, 1.82) is 0 Å². The smallest absolute Gasteiger partial charge is 0.328 e. The summed E-state index contributed by atoms with van der Waals surface area (Å²) in [6.07, 6.45) is -13.4. The molecule has 0 aromatic carbocycles. The van der Waals surface area contributed by atoms with E-state index >= 15 is 0 Å². The second-order valence-corrected chi connectivity index (χ2v) is 3.63. The number of hydroxylamine groups is 1. The van der Waals surface area contributed by atoms with Gasteiger partial charge in [-0.2, -0.15) is 18.0 Å². The SMILES string of the molecule is CCOC(O)(OC)N(SC)N(OC(F)(F)F)C(F)(F)F. The Balaban J connectivity index is 5.48. The summed E-state index contributed by atoms with van der Waals surface area (Å²) < 4.78 is 82.3. The van der Waals surface area contributed by atoms with Gasteiger partial charge in [-0.05, 0) is 13.2 Å². The van der Waals surface area contributed by atoms with Crippen LogP contribution in [0.5, 0.6) is 0 Å². The molecule has 0 aromatic rings. The fourth-order valence-corrected chi connectivity index (χ4v) is 1.61. The predicted molar refractivity (Wildman–Crippen MR) is 54.0 cm³/mol. The molecule has 0 heterocycles. The molecule has 13 heteroatoms. The Morgan fingerprint density at radius 3 is 1.90 bits per heavy atom. The highest BCUT2D eigenvalue weighted by atomic mass is 32.2. The fraction of sp³-hybridized carbons (Fsp3) is 1.00. The summed E-state index contributed by atoms with van der Waals surface area (Å²) >= 11 is 0.0313. The zero-order chi connectivity index (χ0) is 16.2. The summed E-state index contributed by atoms with van der Waals surface area (Å²) in [6.45, 7) is 0.935. The Kier molecular flexibility index (Phi) is 7.00. The first-order valence-electron chi connectivity index (χ1n) is 4.79. The maximum atomic E-state index is 12.6. The van der Waals surface area contributed by atoms with Crippen LogP contribution in [0.2, 0.25) is 0 Å². The molecule has 0 aliphatic rings. The van der Waals surface area contributed by atoms with Crippen LogP contribution in [0.3, 0.4) is 0 Å². The van der Waals surface area contributed by atoms with Crippen LogP contribution < -0.4 is 0 Å². The van der Waals surface area contributed by atoms with Gasteiger partial charge in [-0.1, -0.05) is 16.4 Å². The van der Waals surface area contributed by atoms with Gasteiger partial charge < -0.3 is 14.6 Å². The molecule has 0 bridgehead atoms. The molecule has 0 aliphatic carbocycles. The lowest BCUT2D eigenvalue weighted by Gasteiger charge is -2.40. The summed E-state index contributed by atoms with van der Waals surface area (Å²) in [5.41, 5.74) is 0. The van der Waals surface area contributed by atoms with Crippen LogP contribution in [0, 0.1) is 0 Å². The third kappa shape index (κ3) is 5.59. The lowest BCUT2D eigenvalue weighted by Crippen LogP contribution is -2.61. The van der Waals surface area contributed by atoms with Crippen molar-refractivity contribution in [1.82, 2.24) is 9.59 Å². The standard InChI is InChI=1S/C7H12F6N2O4S/c1-4-18-7(16,17-2)15(20-3)14(5(8,9)10)19-6(11,12)13/h16H,4H2,1-3H3. The zero-order valence-electron chi connectivity index (χ0n) is 10.4. The van der Waals surface area contributed by atoms with Crippen molar-refractivity contribution >= 4 is 11.9 Å².